The molecule has 0 aromatic rings. The average Bonchev–Trinajstić information content (AvgIpc) is 2.27. The third kappa shape index (κ3) is 4.37. The van der Waals surface area contributed by atoms with E-state index in [1.807, 2.05) is 0 Å². The summed E-state index contributed by atoms with van der Waals surface area (Å²) in [6.07, 6.45) is 7.88. The Morgan fingerprint density at radius 3 is 2.47 bits per heavy atom. The Balaban J connectivity index is 2.31. The largest absolute Gasteiger partial charge is 0.360 e. The highest BCUT2D eigenvalue weighted by atomic mass is 32.1. The molecule has 0 heterocycles. The Hall–Kier alpha value is -0.310. The topological polar surface area (TPSA) is 15.3 Å². The first-order valence-electron chi connectivity index (χ1n) is 6.33. The summed E-state index contributed by atoms with van der Waals surface area (Å²) < 4.78 is 0. The van der Waals surface area contributed by atoms with E-state index in [1.54, 1.807) is 0 Å². The monoisotopic (exact) mass is 228 g/mol. The Morgan fingerprint density at radius 1 is 1.27 bits per heavy atom. The van der Waals surface area contributed by atoms with E-state index in [-0.39, 0.29) is 0 Å². The van der Waals surface area contributed by atoms with Gasteiger partial charge in [-0.25, -0.2) is 0 Å². The molecule has 0 radical (unpaired) electrons. The standard InChI is InChI=1S/C12H24N2S/c1-3-10-14(4-2)12(15)13-11-8-6-5-7-9-11/h11H,3-10H2,1-2H3,(H,13,15). The van der Waals surface area contributed by atoms with Crippen molar-refractivity contribution >= 4 is 17.3 Å². The van der Waals surface area contributed by atoms with Gasteiger partial charge in [0.2, 0.25) is 0 Å². The predicted molar refractivity (Wildman–Crippen MR) is 70.1 cm³/mol. The molecule has 1 rings (SSSR count). The first kappa shape index (κ1) is 12.8. The van der Waals surface area contributed by atoms with Crippen LogP contribution in [0.4, 0.5) is 0 Å². The summed E-state index contributed by atoms with van der Waals surface area (Å²) in [5.74, 6) is 0. The van der Waals surface area contributed by atoms with Crippen LogP contribution in [0.15, 0.2) is 0 Å². The Kier molecular flexibility index (Phi) is 5.99. The van der Waals surface area contributed by atoms with Gasteiger partial charge in [0, 0.05) is 19.1 Å². The molecule has 0 unspecified atom stereocenters. The summed E-state index contributed by atoms with van der Waals surface area (Å²) in [6.45, 7) is 6.47. The van der Waals surface area contributed by atoms with Gasteiger partial charge in [0.1, 0.15) is 0 Å². The maximum absolute atomic E-state index is 5.44. The maximum atomic E-state index is 5.44. The minimum absolute atomic E-state index is 0.636. The number of nitrogens with one attached hydrogen (secondary N) is 1. The van der Waals surface area contributed by atoms with E-state index in [0.29, 0.717) is 6.04 Å². The third-order valence-corrected chi connectivity index (χ3v) is 3.47. The van der Waals surface area contributed by atoms with Crippen LogP contribution in [0, 0.1) is 0 Å². The van der Waals surface area contributed by atoms with Crippen LogP contribution < -0.4 is 5.32 Å². The van der Waals surface area contributed by atoms with Gasteiger partial charge >= 0.3 is 0 Å². The van der Waals surface area contributed by atoms with E-state index >= 15 is 0 Å². The Labute approximate surface area is 99.4 Å². The van der Waals surface area contributed by atoms with Crippen molar-refractivity contribution in [1.82, 2.24) is 10.2 Å². The number of nitrogens with zero attached hydrogens (tertiary/aromatic N) is 1. The molecule has 1 aliphatic carbocycles. The molecule has 0 aromatic carbocycles. The lowest BCUT2D eigenvalue weighted by Gasteiger charge is -2.29. The summed E-state index contributed by atoms with van der Waals surface area (Å²) >= 11 is 5.44. The third-order valence-electron chi connectivity index (χ3n) is 3.10. The summed E-state index contributed by atoms with van der Waals surface area (Å²) in [4.78, 5) is 2.27. The smallest absolute Gasteiger partial charge is 0.169 e. The second kappa shape index (κ2) is 7.04. The fourth-order valence-corrected chi connectivity index (χ4v) is 2.57. The molecule has 0 aliphatic heterocycles. The van der Waals surface area contributed by atoms with Gasteiger partial charge in [-0.1, -0.05) is 26.2 Å². The lowest BCUT2D eigenvalue weighted by atomic mass is 9.96. The Bertz CT molecular complexity index is 188. The molecule has 0 bridgehead atoms. The van der Waals surface area contributed by atoms with Crippen LogP contribution in [0.1, 0.15) is 52.4 Å². The molecule has 0 atom stereocenters. The normalized spacial score (nSPS) is 17.5. The minimum Gasteiger partial charge on any atom is -0.360 e. The number of hydrogen-bond acceptors (Lipinski definition) is 1. The van der Waals surface area contributed by atoms with E-state index in [0.717, 1.165) is 18.2 Å². The molecule has 0 spiro atoms. The van der Waals surface area contributed by atoms with Gasteiger partial charge in [-0.2, -0.15) is 0 Å². The highest BCUT2D eigenvalue weighted by molar-refractivity contribution is 7.80. The van der Waals surface area contributed by atoms with Crippen LogP contribution in [0.3, 0.4) is 0 Å². The van der Waals surface area contributed by atoms with E-state index in [9.17, 15) is 0 Å². The molecule has 0 amide bonds. The summed E-state index contributed by atoms with van der Waals surface area (Å²) in [5.41, 5.74) is 0. The lowest BCUT2D eigenvalue weighted by molar-refractivity contribution is 0.379. The first-order valence-corrected chi connectivity index (χ1v) is 6.74. The highest BCUT2D eigenvalue weighted by Gasteiger charge is 2.15. The minimum atomic E-state index is 0.636. The van der Waals surface area contributed by atoms with Gasteiger partial charge in [0.15, 0.2) is 5.11 Å². The van der Waals surface area contributed by atoms with Crippen LogP contribution >= 0.6 is 12.2 Å². The zero-order valence-electron chi connectivity index (χ0n) is 10.1. The number of hydrogen-bond donors (Lipinski definition) is 1. The van der Waals surface area contributed by atoms with Crippen LogP contribution in [0.25, 0.3) is 0 Å². The second-order valence-corrected chi connectivity index (χ2v) is 4.75. The lowest BCUT2D eigenvalue weighted by Crippen LogP contribution is -2.45. The maximum Gasteiger partial charge on any atom is 0.169 e. The molecule has 1 N–H and O–H groups in total. The molecule has 15 heavy (non-hydrogen) atoms. The average molecular weight is 228 g/mol. The molecule has 88 valence electrons. The molecular formula is C12H24N2S. The van der Waals surface area contributed by atoms with Crippen molar-refractivity contribution in [1.29, 1.82) is 0 Å². The SMILES string of the molecule is CCCN(CC)C(=S)NC1CCCCC1. The predicted octanol–water partition coefficient (Wildman–Crippen LogP) is 2.93. The highest BCUT2D eigenvalue weighted by Crippen LogP contribution is 2.17. The Morgan fingerprint density at radius 2 is 1.93 bits per heavy atom. The second-order valence-electron chi connectivity index (χ2n) is 4.36. The first-order chi connectivity index (χ1) is 7.27. The quantitative estimate of drug-likeness (QED) is 0.745. The van der Waals surface area contributed by atoms with Crippen molar-refractivity contribution < 1.29 is 0 Å². The summed E-state index contributed by atoms with van der Waals surface area (Å²) in [6, 6.07) is 0.636. The zero-order chi connectivity index (χ0) is 11.1. The molecular weight excluding hydrogens is 204 g/mol. The van der Waals surface area contributed by atoms with Gasteiger partial charge in [-0.3, -0.25) is 0 Å². The summed E-state index contributed by atoms with van der Waals surface area (Å²) in [7, 11) is 0. The van der Waals surface area contributed by atoms with Crippen molar-refractivity contribution in [2.24, 2.45) is 0 Å². The van der Waals surface area contributed by atoms with E-state index in [2.05, 4.69) is 24.1 Å². The van der Waals surface area contributed by atoms with Gasteiger partial charge in [0.05, 0.1) is 0 Å². The van der Waals surface area contributed by atoms with Gasteiger partial charge in [-0.05, 0) is 38.4 Å². The zero-order valence-corrected chi connectivity index (χ0v) is 10.9. The van der Waals surface area contributed by atoms with Crippen molar-refractivity contribution in [3.05, 3.63) is 0 Å². The molecule has 1 fully saturated rings. The van der Waals surface area contributed by atoms with Crippen molar-refractivity contribution in [3.63, 3.8) is 0 Å². The fourth-order valence-electron chi connectivity index (χ4n) is 2.19. The van der Waals surface area contributed by atoms with Gasteiger partial charge in [0.25, 0.3) is 0 Å². The summed E-state index contributed by atoms with van der Waals surface area (Å²) in [5, 5.41) is 4.48. The molecule has 0 saturated heterocycles. The van der Waals surface area contributed by atoms with Crippen molar-refractivity contribution in [2.75, 3.05) is 13.1 Å². The van der Waals surface area contributed by atoms with Crippen molar-refractivity contribution in [3.8, 4) is 0 Å². The van der Waals surface area contributed by atoms with Crippen molar-refractivity contribution in [2.45, 2.75) is 58.4 Å². The fraction of sp³-hybridized carbons (Fsp3) is 0.917. The number of thiocarbonyl (C=S) groups is 1. The molecule has 0 aromatic heterocycles. The van der Waals surface area contributed by atoms with Gasteiger partial charge in [-0.15, -0.1) is 0 Å². The number of rotatable bonds is 4. The molecule has 1 saturated carbocycles. The van der Waals surface area contributed by atoms with Crippen LogP contribution in [0.5, 0.6) is 0 Å². The van der Waals surface area contributed by atoms with E-state index < -0.39 is 0 Å². The molecule has 2 nitrogen and oxygen atoms in total. The van der Waals surface area contributed by atoms with E-state index in [1.165, 1.54) is 38.5 Å². The van der Waals surface area contributed by atoms with E-state index in [4.69, 9.17) is 12.2 Å². The van der Waals surface area contributed by atoms with Crippen LogP contribution in [-0.4, -0.2) is 29.1 Å². The van der Waals surface area contributed by atoms with Crippen LogP contribution in [0.2, 0.25) is 0 Å². The van der Waals surface area contributed by atoms with Crippen LogP contribution in [-0.2, 0) is 0 Å². The molecule has 1 aliphatic rings. The van der Waals surface area contributed by atoms with Gasteiger partial charge < -0.3 is 10.2 Å². The molecule has 3 heteroatoms.